The predicted octanol–water partition coefficient (Wildman–Crippen LogP) is 4.03. The Morgan fingerprint density at radius 1 is 0.941 bits per heavy atom. The summed E-state index contributed by atoms with van der Waals surface area (Å²) in [5, 5.41) is 0. The van der Waals surface area contributed by atoms with E-state index in [1.54, 1.807) is 10.8 Å². The molecule has 170 valence electrons. The van der Waals surface area contributed by atoms with Crippen molar-refractivity contribution in [3.8, 4) is 16.8 Å². The molecule has 0 N–H and O–H groups in total. The van der Waals surface area contributed by atoms with Crippen LogP contribution in [0.4, 0.5) is 0 Å². The highest BCUT2D eigenvalue weighted by molar-refractivity contribution is 5.75. The molecule has 0 saturated carbocycles. The second kappa shape index (κ2) is 8.43. The van der Waals surface area contributed by atoms with Crippen LogP contribution in [0.3, 0.4) is 0 Å². The third-order valence-corrected chi connectivity index (χ3v) is 6.62. The molecule has 0 amide bonds. The number of likely N-dealkylation sites (tertiary alicyclic amines) is 1. The molecule has 1 aliphatic heterocycles. The van der Waals surface area contributed by atoms with E-state index in [4.69, 9.17) is 0 Å². The fourth-order valence-corrected chi connectivity index (χ4v) is 5.01. The van der Waals surface area contributed by atoms with Crippen LogP contribution in [-0.2, 0) is 13.6 Å². The molecule has 0 aliphatic carbocycles. The van der Waals surface area contributed by atoms with E-state index in [-0.39, 0.29) is 11.7 Å². The summed E-state index contributed by atoms with van der Waals surface area (Å²) in [6.45, 7) is 2.52. The molecule has 1 saturated heterocycles. The molecular formula is C27H26N6O. The van der Waals surface area contributed by atoms with Gasteiger partial charge in [-0.1, -0.05) is 42.5 Å². The zero-order valence-electron chi connectivity index (χ0n) is 19.1. The maximum absolute atomic E-state index is 13.8. The molecule has 6 rings (SSSR count). The summed E-state index contributed by atoms with van der Waals surface area (Å²) in [4.78, 5) is 25.2. The summed E-state index contributed by atoms with van der Waals surface area (Å²) >= 11 is 0. The summed E-state index contributed by atoms with van der Waals surface area (Å²) in [5.74, 6) is 0. The normalized spacial score (nSPS) is 16.4. The largest absolute Gasteiger partial charge is 0.340 e. The van der Waals surface area contributed by atoms with Crippen molar-refractivity contribution >= 4 is 11.2 Å². The number of hydrogen-bond acceptors (Lipinski definition) is 4. The van der Waals surface area contributed by atoms with E-state index < -0.39 is 0 Å². The fourth-order valence-electron chi connectivity index (χ4n) is 5.01. The number of nitrogens with zero attached hydrogens (tertiary/aromatic N) is 6. The molecule has 7 heteroatoms. The number of aromatic nitrogens is 5. The number of imidazole rings is 2. The Morgan fingerprint density at radius 3 is 2.50 bits per heavy atom. The average Bonchev–Trinajstić information content (AvgIpc) is 3.57. The lowest BCUT2D eigenvalue weighted by Crippen LogP contribution is -2.29. The maximum atomic E-state index is 13.8. The standard InChI is InChI=1S/C27H26N6O/c1-30-16-22(29-19-30)17-31-15-13-24(18-31)33-26-25(8-5-14-28-26)32(27(33)34)23-11-9-21(10-12-23)20-6-3-2-4-7-20/h2-12,14,16,19,24H,13,15,17-18H2,1H3/t24-/m0/s1. The molecule has 3 aromatic heterocycles. The summed E-state index contributed by atoms with van der Waals surface area (Å²) in [6, 6.07) is 22.4. The fraction of sp³-hybridized carbons (Fsp3) is 0.222. The summed E-state index contributed by atoms with van der Waals surface area (Å²) < 4.78 is 5.64. The summed E-state index contributed by atoms with van der Waals surface area (Å²) in [7, 11) is 1.98. The minimum atomic E-state index is -0.0363. The molecule has 1 fully saturated rings. The molecule has 5 aromatic rings. The van der Waals surface area contributed by atoms with E-state index in [9.17, 15) is 4.79 Å². The number of pyridine rings is 1. The zero-order valence-corrected chi connectivity index (χ0v) is 19.1. The number of rotatable bonds is 5. The summed E-state index contributed by atoms with van der Waals surface area (Å²) in [5.41, 5.74) is 5.72. The first-order valence-corrected chi connectivity index (χ1v) is 11.6. The highest BCUT2D eigenvalue weighted by Gasteiger charge is 2.29. The monoisotopic (exact) mass is 450 g/mol. The molecule has 0 bridgehead atoms. The van der Waals surface area contributed by atoms with Crippen LogP contribution in [-0.4, -0.2) is 41.7 Å². The van der Waals surface area contributed by atoms with Gasteiger partial charge in [0, 0.05) is 39.1 Å². The first-order chi connectivity index (χ1) is 16.7. The van der Waals surface area contributed by atoms with Gasteiger partial charge in [-0.15, -0.1) is 0 Å². The van der Waals surface area contributed by atoms with Crippen molar-refractivity contribution in [2.75, 3.05) is 13.1 Å². The van der Waals surface area contributed by atoms with Crippen LogP contribution in [0.25, 0.3) is 28.0 Å². The lowest BCUT2D eigenvalue weighted by Gasteiger charge is -2.15. The van der Waals surface area contributed by atoms with Gasteiger partial charge in [0.25, 0.3) is 0 Å². The minimum Gasteiger partial charge on any atom is -0.340 e. The predicted molar refractivity (Wildman–Crippen MR) is 133 cm³/mol. The molecular weight excluding hydrogens is 424 g/mol. The van der Waals surface area contributed by atoms with Crippen LogP contribution in [0.5, 0.6) is 0 Å². The molecule has 1 aliphatic rings. The quantitative estimate of drug-likeness (QED) is 0.406. The van der Waals surface area contributed by atoms with E-state index in [1.807, 2.05) is 71.2 Å². The number of hydrogen-bond donors (Lipinski definition) is 0. The molecule has 34 heavy (non-hydrogen) atoms. The van der Waals surface area contributed by atoms with Crippen molar-refractivity contribution in [2.45, 2.75) is 19.0 Å². The van der Waals surface area contributed by atoms with Gasteiger partial charge in [-0.25, -0.2) is 14.8 Å². The van der Waals surface area contributed by atoms with Gasteiger partial charge in [-0.05, 0) is 41.8 Å². The van der Waals surface area contributed by atoms with E-state index >= 15 is 0 Å². The third kappa shape index (κ3) is 3.64. The van der Waals surface area contributed by atoms with Crippen molar-refractivity contribution in [3.05, 3.63) is 102 Å². The van der Waals surface area contributed by atoms with Crippen LogP contribution >= 0.6 is 0 Å². The first-order valence-electron chi connectivity index (χ1n) is 11.6. The lowest BCUT2D eigenvalue weighted by molar-refractivity contribution is 0.312. The van der Waals surface area contributed by atoms with Crippen LogP contribution in [0.2, 0.25) is 0 Å². The van der Waals surface area contributed by atoms with Gasteiger partial charge in [0.1, 0.15) is 0 Å². The molecule has 7 nitrogen and oxygen atoms in total. The Morgan fingerprint density at radius 2 is 1.74 bits per heavy atom. The van der Waals surface area contributed by atoms with Gasteiger partial charge >= 0.3 is 5.69 Å². The summed E-state index contributed by atoms with van der Waals surface area (Å²) in [6.07, 6.45) is 6.55. The van der Waals surface area contributed by atoms with Crippen molar-refractivity contribution in [1.82, 2.24) is 28.6 Å². The van der Waals surface area contributed by atoms with Gasteiger partial charge in [0.2, 0.25) is 0 Å². The number of benzene rings is 2. The Bertz CT molecular complexity index is 1500. The third-order valence-electron chi connectivity index (χ3n) is 6.62. The highest BCUT2D eigenvalue weighted by Crippen LogP contribution is 2.27. The Hall–Kier alpha value is -3.97. The molecule has 1 atom stereocenters. The molecule has 4 heterocycles. The zero-order chi connectivity index (χ0) is 23.1. The van der Waals surface area contributed by atoms with Gasteiger partial charge in [0.15, 0.2) is 5.65 Å². The van der Waals surface area contributed by atoms with E-state index in [2.05, 4.69) is 39.1 Å². The van der Waals surface area contributed by atoms with E-state index in [0.29, 0.717) is 0 Å². The molecule has 0 unspecified atom stereocenters. The molecule has 0 spiro atoms. The van der Waals surface area contributed by atoms with Crippen molar-refractivity contribution in [2.24, 2.45) is 7.05 Å². The van der Waals surface area contributed by atoms with Gasteiger partial charge in [-0.3, -0.25) is 14.0 Å². The number of aryl methyl sites for hydroxylation is 1. The Labute approximate surface area is 197 Å². The molecule has 2 aromatic carbocycles. The highest BCUT2D eigenvalue weighted by atomic mass is 16.2. The van der Waals surface area contributed by atoms with Crippen LogP contribution in [0.1, 0.15) is 18.2 Å². The average molecular weight is 451 g/mol. The minimum absolute atomic E-state index is 0.0363. The van der Waals surface area contributed by atoms with E-state index in [1.165, 1.54) is 0 Å². The first kappa shape index (κ1) is 20.6. The van der Waals surface area contributed by atoms with Crippen LogP contribution in [0, 0.1) is 0 Å². The second-order valence-corrected chi connectivity index (χ2v) is 8.96. The van der Waals surface area contributed by atoms with Crippen molar-refractivity contribution in [1.29, 1.82) is 0 Å². The topological polar surface area (TPSA) is 60.9 Å². The van der Waals surface area contributed by atoms with Gasteiger partial charge in [0.05, 0.1) is 29.3 Å². The second-order valence-electron chi connectivity index (χ2n) is 8.96. The maximum Gasteiger partial charge on any atom is 0.335 e. The number of fused-ring (bicyclic) bond motifs is 1. The van der Waals surface area contributed by atoms with Gasteiger partial charge < -0.3 is 4.57 Å². The SMILES string of the molecule is Cn1cnc(CN2CC[C@H](n3c(=O)n(-c4ccc(-c5ccccc5)cc4)c4cccnc43)C2)c1. The lowest BCUT2D eigenvalue weighted by atomic mass is 10.1. The van der Waals surface area contributed by atoms with Crippen molar-refractivity contribution < 1.29 is 0 Å². The molecule has 0 radical (unpaired) electrons. The van der Waals surface area contributed by atoms with Crippen LogP contribution < -0.4 is 5.69 Å². The van der Waals surface area contributed by atoms with Gasteiger partial charge in [-0.2, -0.15) is 0 Å². The Balaban J connectivity index is 1.34. The van der Waals surface area contributed by atoms with E-state index in [0.717, 1.165) is 59.7 Å². The van der Waals surface area contributed by atoms with Crippen LogP contribution in [0.15, 0.2) is 90.2 Å². The smallest absolute Gasteiger partial charge is 0.335 e. The van der Waals surface area contributed by atoms with Crippen molar-refractivity contribution in [3.63, 3.8) is 0 Å². The Kier molecular flexibility index (Phi) is 5.11.